The Morgan fingerprint density at radius 2 is 2.00 bits per heavy atom. The lowest BCUT2D eigenvalue weighted by Crippen LogP contribution is -2.23. The number of carbonyl (C=O) groups excluding carboxylic acids is 2. The first-order valence-electron chi connectivity index (χ1n) is 8.03. The molecule has 0 aliphatic carbocycles. The Morgan fingerprint density at radius 3 is 2.67 bits per heavy atom. The van der Waals surface area contributed by atoms with Crippen LogP contribution in [-0.4, -0.2) is 33.1 Å². The number of benzene rings is 2. The van der Waals surface area contributed by atoms with E-state index in [1.54, 1.807) is 6.92 Å². The predicted octanol–water partition coefficient (Wildman–Crippen LogP) is 2.41. The van der Waals surface area contributed by atoms with Crippen LogP contribution in [0.25, 0.3) is 0 Å². The zero-order chi connectivity index (χ0) is 19.6. The van der Waals surface area contributed by atoms with E-state index in [1.807, 2.05) is 0 Å². The monoisotopic (exact) mass is 393 g/mol. The van der Waals surface area contributed by atoms with E-state index in [0.717, 1.165) is 12.1 Å². The van der Waals surface area contributed by atoms with Crippen LogP contribution in [0.15, 0.2) is 47.4 Å². The number of nitrogens with one attached hydrogen (secondary N) is 1. The van der Waals surface area contributed by atoms with E-state index >= 15 is 0 Å². The van der Waals surface area contributed by atoms with E-state index < -0.39 is 33.9 Å². The van der Waals surface area contributed by atoms with Crippen molar-refractivity contribution in [2.24, 2.45) is 0 Å². The largest absolute Gasteiger partial charge is 0.463 e. The van der Waals surface area contributed by atoms with Crippen molar-refractivity contribution in [1.82, 2.24) is 0 Å². The normalized spacial score (nSPS) is 16.7. The predicted molar refractivity (Wildman–Crippen MR) is 93.2 cm³/mol. The van der Waals surface area contributed by atoms with Crippen LogP contribution in [0.5, 0.6) is 0 Å². The molecule has 0 radical (unpaired) electrons. The molecule has 1 N–H and O–H groups in total. The molecule has 0 aromatic heterocycles. The third-order valence-electron chi connectivity index (χ3n) is 3.99. The number of cyclic esters (lactones) is 1. The lowest BCUT2D eigenvalue weighted by atomic mass is 10.1. The molecule has 1 saturated heterocycles. The van der Waals surface area contributed by atoms with Crippen molar-refractivity contribution in [3.8, 4) is 0 Å². The zero-order valence-corrected chi connectivity index (χ0v) is 15.1. The van der Waals surface area contributed by atoms with Gasteiger partial charge in [0.2, 0.25) is 6.10 Å². The van der Waals surface area contributed by atoms with E-state index in [1.165, 1.54) is 30.3 Å². The van der Waals surface area contributed by atoms with Crippen LogP contribution in [0.3, 0.4) is 0 Å². The molecular weight excluding hydrogens is 377 g/mol. The highest BCUT2D eigenvalue weighted by atomic mass is 32.2. The molecule has 0 spiro atoms. The van der Waals surface area contributed by atoms with Crippen LogP contribution in [0, 0.1) is 12.7 Å². The summed E-state index contributed by atoms with van der Waals surface area (Å²) in [6.07, 6.45) is -0.759. The molecule has 2 aromatic carbocycles. The maximum absolute atomic E-state index is 13.7. The van der Waals surface area contributed by atoms with Gasteiger partial charge < -0.3 is 9.47 Å². The third-order valence-corrected chi connectivity index (χ3v) is 5.36. The van der Waals surface area contributed by atoms with Crippen LogP contribution >= 0.6 is 0 Å². The second-order valence-electron chi connectivity index (χ2n) is 5.91. The van der Waals surface area contributed by atoms with Crippen molar-refractivity contribution in [1.29, 1.82) is 0 Å². The smallest absolute Gasteiger partial charge is 0.347 e. The highest BCUT2D eigenvalue weighted by Crippen LogP contribution is 2.22. The number of hydrogen-bond acceptors (Lipinski definition) is 6. The van der Waals surface area contributed by atoms with E-state index in [0.29, 0.717) is 5.56 Å². The molecule has 0 unspecified atom stereocenters. The lowest BCUT2D eigenvalue weighted by molar-refractivity contribution is -0.145. The molecule has 1 atom stereocenters. The number of aryl methyl sites for hydroxylation is 1. The van der Waals surface area contributed by atoms with Crippen LogP contribution in [-0.2, 0) is 24.3 Å². The van der Waals surface area contributed by atoms with Crippen LogP contribution < -0.4 is 4.72 Å². The number of rotatable bonds is 5. The number of sulfonamides is 1. The van der Waals surface area contributed by atoms with Gasteiger partial charge >= 0.3 is 11.9 Å². The Labute approximate surface area is 155 Å². The van der Waals surface area contributed by atoms with Crippen molar-refractivity contribution >= 4 is 27.6 Å². The Balaban J connectivity index is 1.87. The number of esters is 2. The summed E-state index contributed by atoms with van der Waals surface area (Å²) in [5.74, 6) is -2.20. The summed E-state index contributed by atoms with van der Waals surface area (Å²) in [6.45, 7) is 1.76. The van der Waals surface area contributed by atoms with Gasteiger partial charge in [-0.05, 0) is 36.8 Å². The summed E-state index contributed by atoms with van der Waals surface area (Å²) in [4.78, 5) is 23.6. The van der Waals surface area contributed by atoms with Crippen LogP contribution in [0.4, 0.5) is 10.1 Å². The Morgan fingerprint density at radius 1 is 1.26 bits per heavy atom. The molecule has 1 aliphatic rings. The zero-order valence-electron chi connectivity index (χ0n) is 14.3. The first kappa shape index (κ1) is 18.8. The van der Waals surface area contributed by atoms with Crippen molar-refractivity contribution < 1.29 is 31.9 Å². The summed E-state index contributed by atoms with van der Waals surface area (Å²) in [7, 11) is -4.14. The molecule has 9 heteroatoms. The van der Waals surface area contributed by atoms with Gasteiger partial charge in [-0.15, -0.1) is 0 Å². The van der Waals surface area contributed by atoms with Crippen molar-refractivity contribution in [2.45, 2.75) is 24.3 Å². The SMILES string of the molecule is Cc1ccc(S(=O)(=O)Nc2ccccc2F)cc1C(=O)O[C@H]1CCOC1=O. The molecule has 0 saturated carbocycles. The van der Waals surface area contributed by atoms with E-state index in [9.17, 15) is 22.4 Å². The number of carbonyl (C=O) groups is 2. The highest BCUT2D eigenvalue weighted by Gasteiger charge is 2.31. The van der Waals surface area contributed by atoms with Gasteiger partial charge in [0.15, 0.2) is 0 Å². The van der Waals surface area contributed by atoms with Crippen molar-refractivity contribution in [2.75, 3.05) is 11.3 Å². The van der Waals surface area contributed by atoms with Crippen molar-refractivity contribution in [3.63, 3.8) is 0 Å². The standard InChI is InChI=1S/C18H16FNO6S/c1-11-6-7-12(27(23,24)20-15-5-3-2-4-14(15)19)10-13(11)17(21)26-16-8-9-25-18(16)22/h2-7,10,16,20H,8-9H2,1H3/t16-/m0/s1. The van der Waals surface area contributed by atoms with Gasteiger partial charge in [-0.25, -0.2) is 22.4 Å². The van der Waals surface area contributed by atoms with Gasteiger partial charge in [0.05, 0.1) is 22.8 Å². The molecule has 27 heavy (non-hydrogen) atoms. The molecular formula is C18H16FNO6S. The summed E-state index contributed by atoms with van der Waals surface area (Å²) < 4.78 is 50.8. The highest BCUT2D eigenvalue weighted by molar-refractivity contribution is 7.92. The van der Waals surface area contributed by atoms with E-state index in [4.69, 9.17) is 9.47 Å². The van der Waals surface area contributed by atoms with Gasteiger partial charge in [-0.3, -0.25) is 4.72 Å². The molecule has 1 aliphatic heterocycles. The first-order valence-corrected chi connectivity index (χ1v) is 9.52. The minimum atomic E-state index is -4.14. The number of ether oxygens (including phenoxy) is 2. The van der Waals surface area contributed by atoms with Crippen LogP contribution in [0.2, 0.25) is 0 Å². The first-order chi connectivity index (χ1) is 12.8. The average Bonchev–Trinajstić information content (AvgIpc) is 3.01. The molecule has 142 valence electrons. The van der Waals surface area contributed by atoms with Gasteiger partial charge in [0.25, 0.3) is 10.0 Å². The summed E-state index contributed by atoms with van der Waals surface area (Å²) in [6, 6.07) is 9.17. The van der Waals surface area contributed by atoms with Crippen LogP contribution in [0.1, 0.15) is 22.3 Å². The summed E-state index contributed by atoms with van der Waals surface area (Å²) in [5.41, 5.74) is 0.248. The fraction of sp³-hybridized carbons (Fsp3) is 0.222. The van der Waals surface area contributed by atoms with Gasteiger partial charge in [-0.2, -0.15) is 0 Å². The van der Waals surface area contributed by atoms with E-state index in [2.05, 4.69) is 4.72 Å². The Kier molecular flexibility index (Phi) is 5.13. The second kappa shape index (κ2) is 7.36. The number of hydrogen-bond donors (Lipinski definition) is 1. The quantitative estimate of drug-likeness (QED) is 0.784. The molecule has 7 nitrogen and oxygen atoms in total. The van der Waals surface area contributed by atoms with Gasteiger partial charge in [0, 0.05) is 6.42 Å². The topological polar surface area (TPSA) is 98.8 Å². The number of para-hydroxylation sites is 1. The number of anilines is 1. The maximum atomic E-state index is 13.7. The molecule has 1 fully saturated rings. The average molecular weight is 393 g/mol. The fourth-order valence-corrected chi connectivity index (χ4v) is 3.61. The Hall–Kier alpha value is -2.94. The van der Waals surface area contributed by atoms with Gasteiger partial charge in [0.1, 0.15) is 5.82 Å². The van der Waals surface area contributed by atoms with E-state index in [-0.39, 0.29) is 29.2 Å². The molecule has 0 amide bonds. The third kappa shape index (κ3) is 4.08. The fourth-order valence-electron chi connectivity index (χ4n) is 2.51. The minimum absolute atomic E-state index is 0.00823. The molecule has 0 bridgehead atoms. The minimum Gasteiger partial charge on any atom is -0.463 e. The molecule has 1 heterocycles. The maximum Gasteiger partial charge on any atom is 0.347 e. The second-order valence-corrected chi connectivity index (χ2v) is 7.59. The summed E-state index contributed by atoms with van der Waals surface area (Å²) in [5, 5.41) is 0. The van der Waals surface area contributed by atoms with Crippen molar-refractivity contribution in [3.05, 3.63) is 59.4 Å². The molecule has 3 rings (SSSR count). The Bertz CT molecular complexity index is 1000. The lowest BCUT2D eigenvalue weighted by Gasteiger charge is -2.13. The summed E-state index contributed by atoms with van der Waals surface area (Å²) >= 11 is 0. The van der Waals surface area contributed by atoms with Gasteiger partial charge in [-0.1, -0.05) is 18.2 Å². The number of halogens is 1. The molecule has 2 aromatic rings.